The molecule has 2 rings (SSSR count). The summed E-state index contributed by atoms with van der Waals surface area (Å²) in [6.07, 6.45) is 6.28. The third kappa shape index (κ3) is 2.66. The van der Waals surface area contributed by atoms with Gasteiger partial charge in [0.25, 0.3) is 0 Å². The second-order valence-electron chi connectivity index (χ2n) is 4.32. The molecule has 0 amide bonds. The molecule has 0 fully saturated rings. The van der Waals surface area contributed by atoms with Crippen LogP contribution in [0.25, 0.3) is 16.3 Å². The predicted molar refractivity (Wildman–Crippen MR) is 89.6 cm³/mol. The van der Waals surface area contributed by atoms with E-state index in [0.29, 0.717) is 5.57 Å². The van der Waals surface area contributed by atoms with Crippen LogP contribution in [0.5, 0.6) is 0 Å². The molecule has 0 bridgehead atoms. The van der Waals surface area contributed by atoms with Crippen LogP contribution in [-0.2, 0) is 4.79 Å². The molecule has 2 heteroatoms. The van der Waals surface area contributed by atoms with E-state index in [4.69, 9.17) is 0 Å². The van der Waals surface area contributed by atoms with Crippen LogP contribution in [-0.4, -0.2) is 6.29 Å². The number of aldehydes is 1. The summed E-state index contributed by atoms with van der Waals surface area (Å²) in [5.74, 6) is 0. The summed E-state index contributed by atoms with van der Waals surface area (Å²) in [7, 11) is 0. The van der Waals surface area contributed by atoms with Crippen LogP contribution in [0.2, 0.25) is 0 Å². The largest absolute Gasteiger partial charge is 0.298 e. The molecule has 0 N–H and O–H groups in total. The molecule has 2 aromatic carbocycles. The first kappa shape index (κ1) is 14.5. The lowest BCUT2D eigenvalue weighted by Gasteiger charge is -2.12. The SMILES string of the molecule is C=C/C=C(\C(C=O)=C/C)c1ccc(Br)c2ccccc12. The van der Waals surface area contributed by atoms with Gasteiger partial charge in [0, 0.05) is 10.0 Å². The molecule has 0 radical (unpaired) electrons. The lowest BCUT2D eigenvalue weighted by Crippen LogP contribution is -1.93. The molecule has 0 aliphatic rings. The maximum atomic E-state index is 11.3. The van der Waals surface area contributed by atoms with Crippen LogP contribution in [0.15, 0.2) is 71.3 Å². The van der Waals surface area contributed by atoms with Crippen molar-refractivity contribution in [3.63, 3.8) is 0 Å². The Labute approximate surface area is 127 Å². The van der Waals surface area contributed by atoms with Gasteiger partial charge in [-0.3, -0.25) is 4.79 Å². The van der Waals surface area contributed by atoms with Gasteiger partial charge in [-0.2, -0.15) is 0 Å². The van der Waals surface area contributed by atoms with Gasteiger partial charge in [0.05, 0.1) is 0 Å². The Balaban J connectivity index is 2.79. The van der Waals surface area contributed by atoms with Gasteiger partial charge in [0.2, 0.25) is 0 Å². The predicted octanol–water partition coefficient (Wildman–Crippen LogP) is 5.32. The lowest BCUT2D eigenvalue weighted by atomic mass is 9.93. The van der Waals surface area contributed by atoms with Crippen molar-refractivity contribution < 1.29 is 4.79 Å². The molecule has 0 atom stereocenters. The molecule has 0 aliphatic carbocycles. The average molecular weight is 327 g/mol. The number of fused-ring (bicyclic) bond motifs is 1. The maximum absolute atomic E-state index is 11.3. The highest BCUT2D eigenvalue weighted by Crippen LogP contribution is 2.33. The number of hydrogen-bond acceptors (Lipinski definition) is 1. The summed E-state index contributed by atoms with van der Waals surface area (Å²) in [5.41, 5.74) is 2.59. The van der Waals surface area contributed by atoms with Crippen LogP contribution in [0, 0.1) is 0 Å². The van der Waals surface area contributed by atoms with E-state index in [1.807, 2.05) is 43.3 Å². The van der Waals surface area contributed by atoms with E-state index in [2.05, 4.69) is 34.6 Å². The normalized spacial score (nSPS) is 12.5. The van der Waals surface area contributed by atoms with Crippen molar-refractivity contribution >= 4 is 38.6 Å². The second-order valence-corrected chi connectivity index (χ2v) is 5.17. The Kier molecular flexibility index (Phi) is 4.70. The Hall–Kier alpha value is -1.93. The van der Waals surface area contributed by atoms with Gasteiger partial charge in [0.1, 0.15) is 6.29 Å². The molecule has 2 aromatic rings. The fourth-order valence-corrected chi connectivity index (χ4v) is 2.72. The second kappa shape index (κ2) is 6.49. The molecule has 0 saturated carbocycles. The number of rotatable bonds is 4. The van der Waals surface area contributed by atoms with Gasteiger partial charge in [-0.05, 0) is 34.9 Å². The number of halogens is 1. The number of carbonyl (C=O) groups is 1. The summed E-state index contributed by atoms with van der Waals surface area (Å²) in [6, 6.07) is 12.2. The maximum Gasteiger partial charge on any atom is 0.150 e. The van der Waals surface area contributed by atoms with Gasteiger partial charge >= 0.3 is 0 Å². The first-order valence-electron chi connectivity index (χ1n) is 6.35. The minimum absolute atomic E-state index is 0.664. The van der Waals surface area contributed by atoms with Crippen LogP contribution >= 0.6 is 15.9 Å². The Morgan fingerprint density at radius 2 is 1.85 bits per heavy atom. The lowest BCUT2D eigenvalue weighted by molar-refractivity contribution is -0.104. The first-order chi connectivity index (χ1) is 9.72. The molecule has 0 aromatic heterocycles. The van der Waals surface area contributed by atoms with Gasteiger partial charge < -0.3 is 0 Å². The highest BCUT2D eigenvalue weighted by atomic mass is 79.9. The van der Waals surface area contributed by atoms with Crippen LogP contribution in [0.4, 0.5) is 0 Å². The zero-order chi connectivity index (χ0) is 14.5. The van der Waals surface area contributed by atoms with Crippen molar-refractivity contribution in [3.05, 3.63) is 76.8 Å². The number of carbonyl (C=O) groups excluding carboxylic acids is 1. The summed E-state index contributed by atoms with van der Waals surface area (Å²) in [4.78, 5) is 11.3. The van der Waals surface area contributed by atoms with Crippen molar-refractivity contribution in [3.8, 4) is 0 Å². The Morgan fingerprint density at radius 1 is 1.15 bits per heavy atom. The zero-order valence-corrected chi connectivity index (χ0v) is 12.9. The van der Waals surface area contributed by atoms with Crippen LogP contribution < -0.4 is 0 Å². The Bertz CT molecular complexity index is 723. The van der Waals surface area contributed by atoms with E-state index >= 15 is 0 Å². The van der Waals surface area contributed by atoms with Gasteiger partial charge in [-0.1, -0.05) is 71.1 Å². The standard InChI is InChI=1S/C18H15BrO/c1-3-7-14(13(4-2)12-20)16-10-11-18(19)17-9-6-5-8-15(16)17/h3-12H,1H2,2H3/b13-4-,14-7+. The zero-order valence-electron chi connectivity index (χ0n) is 11.3. The van der Waals surface area contributed by atoms with Crippen molar-refractivity contribution in [2.75, 3.05) is 0 Å². The van der Waals surface area contributed by atoms with Gasteiger partial charge in [-0.15, -0.1) is 0 Å². The smallest absolute Gasteiger partial charge is 0.150 e. The molecule has 0 saturated heterocycles. The van der Waals surface area contributed by atoms with E-state index in [9.17, 15) is 4.79 Å². The van der Waals surface area contributed by atoms with Crippen molar-refractivity contribution in [2.24, 2.45) is 0 Å². The fourth-order valence-electron chi connectivity index (χ4n) is 2.24. The minimum atomic E-state index is 0.664. The highest BCUT2D eigenvalue weighted by Gasteiger charge is 2.11. The monoisotopic (exact) mass is 326 g/mol. The quantitative estimate of drug-likeness (QED) is 0.422. The fraction of sp³-hybridized carbons (Fsp3) is 0.0556. The third-order valence-electron chi connectivity index (χ3n) is 3.19. The van der Waals surface area contributed by atoms with E-state index in [-0.39, 0.29) is 0 Å². The molecule has 0 aliphatic heterocycles. The van der Waals surface area contributed by atoms with E-state index in [1.54, 1.807) is 6.08 Å². The molecule has 0 unspecified atom stereocenters. The van der Waals surface area contributed by atoms with E-state index in [0.717, 1.165) is 32.7 Å². The van der Waals surface area contributed by atoms with Gasteiger partial charge in [0.15, 0.2) is 0 Å². The molecule has 100 valence electrons. The molecule has 1 nitrogen and oxygen atoms in total. The summed E-state index contributed by atoms with van der Waals surface area (Å²) >= 11 is 3.57. The highest BCUT2D eigenvalue weighted by molar-refractivity contribution is 9.10. The van der Waals surface area contributed by atoms with Crippen LogP contribution in [0.1, 0.15) is 12.5 Å². The van der Waals surface area contributed by atoms with E-state index < -0.39 is 0 Å². The van der Waals surface area contributed by atoms with Crippen LogP contribution in [0.3, 0.4) is 0 Å². The molecule has 0 spiro atoms. The summed E-state index contributed by atoms with van der Waals surface area (Å²) in [5, 5.41) is 2.23. The van der Waals surface area contributed by atoms with Crippen molar-refractivity contribution in [1.82, 2.24) is 0 Å². The number of hydrogen-bond donors (Lipinski definition) is 0. The topological polar surface area (TPSA) is 17.1 Å². The molecular weight excluding hydrogens is 312 g/mol. The summed E-state index contributed by atoms with van der Waals surface area (Å²) < 4.78 is 1.04. The third-order valence-corrected chi connectivity index (χ3v) is 3.89. The number of benzene rings is 2. The average Bonchev–Trinajstić information content (AvgIpc) is 2.48. The summed E-state index contributed by atoms with van der Waals surface area (Å²) in [6.45, 7) is 5.61. The molecular formula is C18H15BrO. The molecule has 0 heterocycles. The number of allylic oxidation sites excluding steroid dienone is 5. The molecule has 20 heavy (non-hydrogen) atoms. The van der Waals surface area contributed by atoms with Crippen molar-refractivity contribution in [1.29, 1.82) is 0 Å². The Morgan fingerprint density at radius 3 is 2.45 bits per heavy atom. The van der Waals surface area contributed by atoms with Gasteiger partial charge in [-0.25, -0.2) is 0 Å². The van der Waals surface area contributed by atoms with Crippen molar-refractivity contribution in [2.45, 2.75) is 6.92 Å². The minimum Gasteiger partial charge on any atom is -0.298 e. The first-order valence-corrected chi connectivity index (χ1v) is 7.14. The van der Waals surface area contributed by atoms with E-state index in [1.165, 1.54) is 0 Å².